The van der Waals surface area contributed by atoms with Gasteiger partial charge in [0.1, 0.15) is 8.07 Å². The Balaban J connectivity index is 2.12. The highest BCUT2D eigenvalue weighted by Crippen LogP contribution is 2.19. The lowest BCUT2D eigenvalue weighted by Crippen LogP contribution is -2.69. The van der Waals surface area contributed by atoms with E-state index in [0.717, 1.165) is 6.42 Å². The summed E-state index contributed by atoms with van der Waals surface area (Å²) in [5.74, 6) is 0. The first-order valence-corrected chi connectivity index (χ1v) is 13.9. The van der Waals surface area contributed by atoms with Crippen LogP contribution in [0.1, 0.15) is 26.3 Å². The van der Waals surface area contributed by atoms with Gasteiger partial charge in [-0.1, -0.05) is 108 Å². The summed E-state index contributed by atoms with van der Waals surface area (Å²) < 4.78 is 16.5. The topological polar surface area (TPSA) is 29.1 Å². The molecule has 0 unspecified atom stereocenters. The van der Waals surface area contributed by atoms with E-state index in [0.29, 0.717) is 0 Å². The molecule has 2 atom stereocenters. The van der Waals surface area contributed by atoms with Crippen molar-refractivity contribution in [2.75, 3.05) is 0 Å². The summed E-state index contributed by atoms with van der Waals surface area (Å²) in [5, 5.41) is 2.70. The van der Waals surface area contributed by atoms with Crippen molar-refractivity contribution in [2.45, 2.75) is 44.2 Å². The van der Waals surface area contributed by atoms with Crippen molar-refractivity contribution in [1.82, 2.24) is 4.72 Å². The maximum Gasteiger partial charge on any atom is 0.133 e. The van der Waals surface area contributed by atoms with Gasteiger partial charge < -0.3 is 0 Å². The van der Waals surface area contributed by atoms with Gasteiger partial charge in [-0.3, -0.25) is 0 Å². The largest absolute Gasteiger partial charge is 0.242 e. The smallest absolute Gasteiger partial charge is 0.133 e. The van der Waals surface area contributed by atoms with Crippen LogP contribution in [0.15, 0.2) is 91.0 Å². The first kappa shape index (κ1) is 21.7. The molecule has 3 aromatic carbocycles. The van der Waals surface area contributed by atoms with E-state index in [4.69, 9.17) is 0 Å². The number of nitrogens with one attached hydrogen (secondary N) is 1. The molecule has 1 N–H and O–H groups in total. The standard InChI is InChI=1S/C25H31NOSSi/c1-25(2,3)28(27)26-24(20-21-14-8-5-9-15-21)29(4,22-16-10-6-11-17-22)23-18-12-7-13-19-23/h5-19,24,26H,20H2,1-4H3/t24-,28-/m1/s1. The van der Waals surface area contributed by atoms with Gasteiger partial charge in [0.2, 0.25) is 0 Å². The van der Waals surface area contributed by atoms with Crippen molar-refractivity contribution < 1.29 is 4.21 Å². The molecule has 152 valence electrons. The summed E-state index contributed by atoms with van der Waals surface area (Å²) in [6.07, 6.45) is 0.842. The third-order valence-corrected chi connectivity index (χ3v) is 12.2. The van der Waals surface area contributed by atoms with Crippen molar-refractivity contribution in [3.63, 3.8) is 0 Å². The predicted molar refractivity (Wildman–Crippen MR) is 129 cm³/mol. The predicted octanol–water partition coefficient (Wildman–Crippen LogP) is 4.08. The molecule has 0 saturated carbocycles. The van der Waals surface area contributed by atoms with Gasteiger partial charge in [0.05, 0.1) is 15.7 Å². The third kappa shape index (κ3) is 5.13. The number of rotatable bonds is 7. The Kier molecular flexibility index (Phi) is 6.88. The molecule has 0 heterocycles. The molecule has 0 aliphatic rings. The minimum Gasteiger partial charge on any atom is -0.242 e. The maximum absolute atomic E-state index is 13.2. The van der Waals surface area contributed by atoms with Crippen LogP contribution in [0, 0.1) is 0 Å². The van der Waals surface area contributed by atoms with Crippen LogP contribution in [-0.2, 0) is 17.4 Å². The number of hydrogen-bond donors (Lipinski definition) is 1. The molecule has 3 aromatic rings. The van der Waals surface area contributed by atoms with Gasteiger partial charge in [-0.05, 0) is 32.8 Å². The second kappa shape index (κ2) is 9.20. The van der Waals surface area contributed by atoms with Gasteiger partial charge in [0, 0.05) is 5.67 Å². The molecular weight excluding hydrogens is 390 g/mol. The van der Waals surface area contributed by atoms with Crippen LogP contribution >= 0.6 is 0 Å². The van der Waals surface area contributed by atoms with E-state index in [1.54, 1.807) is 0 Å². The number of benzene rings is 3. The summed E-state index contributed by atoms with van der Waals surface area (Å²) in [7, 11) is -3.41. The molecular formula is C25H31NOSSi. The highest BCUT2D eigenvalue weighted by atomic mass is 32.2. The Hall–Kier alpha value is -2.01. The summed E-state index contributed by atoms with van der Waals surface area (Å²) in [6, 6.07) is 32.1. The molecule has 0 aromatic heterocycles. The van der Waals surface area contributed by atoms with Gasteiger partial charge in [-0.15, -0.1) is 0 Å². The van der Waals surface area contributed by atoms with Crippen molar-refractivity contribution in [2.24, 2.45) is 0 Å². The second-order valence-corrected chi connectivity index (χ2v) is 14.9. The van der Waals surface area contributed by atoms with Gasteiger partial charge >= 0.3 is 0 Å². The lowest BCUT2D eigenvalue weighted by Gasteiger charge is -2.38. The van der Waals surface area contributed by atoms with E-state index in [1.165, 1.54) is 15.9 Å². The molecule has 0 aliphatic heterocycles. The first-order valence-electron chi connectivity index (χ1n) is 10.1. The Morgan fingerprint density at radius 2 is 1.21 bits per heavy atom. The van der Waals surface area contributed by atoms with E-state index >= 15 is 0 Å². The molecule has 0 radical (unpaired) electrons. The summed E-state index contributed by atoms with van der Waals surface area (Å²) in [5.41, 5.74) is 1.36. The Bertz CT molecular complexity index is 884. The van der Waals surface area contributed by atoms with Crippen LogP contribution in [0.3, 0.4) is 0 Å². The SMILES string of the molecule is CC(C)(C)[S@@](=O)N[C@@H](Cc1ccccc1)[Si](C)(c1ccccc1)c1ccccc1. The van der Waals surface area contributed by atoms with Gasteiger partial charge in [0.15, 0.2) is 0 Å². The van der Waals surface area contributed by atoms with E-state index in [-0.39, 0.29) is 10.4 Å². The zero-order chi connectivity index (χ0) is 20.9. The zero-order valence-corrected chi connectivity index (χ0v) is 19.6. The highest BCUT2D eigenvalue weighted by Gasteiger charge is 2.42. The quantitative estimate of drug-likeness (QED) is 0.572. The minimum absolute atomic E-state index is 0.0924. The maximum atomic E-state index is 13.2. The van der Waals surface area contributed by atoms with Crippen molar-refractivity contribution >= 4 is 29.4 Å². The fourth-order valence-electron chi connectivity index (χ4n) is 3.66. The third-order valence-electron chi connectivity index (χ3n) is 5.53. The Morgan fingerprint density at radius 1 is 0.793 bits per heavy atom. The van der Waals surface area contributed by atoms with Crippen LogP contribution in [0.25, 0.3) is 0 Å². The average Bonchev–Trinajstić information content (AvgIpc) is 2.74. The average molecular weight is 422 g/mol. The fourth-order valence-corrected chi connectivity index (χ4v) is 9.17. The summed E-state index contributed by atoms with van der Waals surface area (Å²) >= 11 is 0. The second-order valence-electron chi connectivity index (χ2n) is 8.68. The summed E-state index contributed by atoms with van der Waals surface area (Å²) in [4.78, 5) is 0. The molecule has 2 nitrogen and oxygen atoms in total. The van der Waals surface area contributed by atoms with Gasteiger partial charge in [-0.2, -0.15) is 0 Å². The minimum atomic E-state index is -2.26. The molecule has 29 heavy (non-hydrogen) atoms. The lowest BCUT2D eigenvalue weighted by atomic mass is 10.1. The van der Waals surface area contributed by atoms with E-state index in [9.17, 15) is 4.21 Å². The van der Waals surface area contributed by atoms with Crippen molar-refractivity contribution in [3.8, 4) is 0 Å². The van der Waals surface area contributed by atoms with Crippen LogP contribution in [-0.4, -0.2) is 22.7 Å². The molecule has 0 bridgehead atoms. The molecule has 0 amide bonds. The van der Waals surface area contributed by atoms with Crippen LogP contribution in [0.2, 0.25) is 6.55 Å². The Labute approximate surface area is 179 Å². The molecule has 4 heteroatoms. The van der Waals surface area contributed by atoms with Crippen LogP contribution < -0.4 is 15.1 Å². The molecule has 3 rings (SSSR count). The van der Waals surface area contributed by atoms with Gasteiger partial charge in [0.25, 0.3) is 0 Å². The van der Waals surface area contributed by atoms with Crippen molar-refractivity contribution in [3.05, 3.63) is 96.6 Å². The fraction of sp³-hybridized carbons (Fsp3) is 0.280. The lowest BCUT2D eigenvalue weighted by molar-refractivity contribution is 0.626. The monoisotopic (exact) mass is 421 g/mol. The molecule has 0 fully saturated rings. The molecule has 0 aliphatic carbocycles. The van der Waals surface area contributed by atoms with E-state index in [2.05, 4.69) is 96.2 Å². The van der Waals surface area contributed by atoms with Crippen LogP contribution in [0.5, 0.6) is 0 Å². The zero-order valence-electron chi connectivity index (χ0n) is 17.8. The van der Waals surface area contributed by atoms with Crippen molar-refractivity contribution in [1.29, 1.82) is 0 Å². The summed E-state index contributed by atoms with van der Waals surface area (Å²) in [6.45, 7) is 8.48. The first-order chi connectivity index (χ1) is 13.8. The van der Waals surface area contributed by atoms with E-state index < -0.39 is 19.1 Å². The van der Waals surface area contributed by atoms with Gasteiger partial charge in [-0.25, -0.2) is 8.93 Å². The number of hydrogen-bond acceptors (Lipinski definition) is 1. The normalized spacial score (nSPS) is 14.3. The molecule has 0 saturated heterocycles. The molecule has 0 spiro atoms. The van der Waals surface area contributed by atoms with Crippen LogP contribution in [0.4, 0.5) is 0 Å². The van der Waals surface area contributed by atoms with E-state index in [1.807, 2.05) is 26.8 Å². The highest BCUT2D eigenvalue weighted by molar-refractivity contribution is 7.84. The Morgan fingerprint density at radius 3 is 1.62 bits per heavy atom.